The van der Waals surface area contributed by atoms with Crippen molar-refractivity contribution in [2.75, 3.05) is 12.4 Å². The SMILES string of the molecule is CC(C(=O)Nc1ccc(F)c(F)c1F)N(C)Cc1ccccc1F. The van der Waals surface area contributed by atoms with Crippen LogP contribution in [0, 0.1) is 23.3 Å². The van der Waals surface area contributed by atoms with E-state index in [1.54, 1.807) is 30.1 Å². The highest BCUT2D eigenvalue weighted by atomic mass is 19.2. The second-order valence-corrected chi connectivity index (χ2v) is 5.39. The van der Waals surface area contributed by atoms with Crippen LogP contribution in [0.3, 0.4) is 0 Å². The molecule has 0 aliphatic carbocycles. The number of nitrogens with one attached hydrogen (secondary N) is 1. The summed E-state index contributed by atoms with van der Waals surface area (Å²) in [6.45, 7) is 1.69. The van der Waals surface area contributed by atoms with Gasteiger partial charge in [0, 0.05) is 12.1 Å². The zero-order valence-electron chi connectivity index (χ0n) is 13.1. The molecule has 0 aliphatic heterocycles. The monoisotopic (exact) mass is 340 g/mol. The molecule has 0 heterocycles. The van der Waals surface area contributed by atoms with Crippen LogP contribution in [0.4, 0.5) is 23.2 Å². The van der Waals surface area contributed by atoms with Crippen LogP contribution in [0.2, 0.25) is 0 Å². The molecular formula is C17H16F4N2O. The first-order chi connectivity index (χ1) is 11.3. The van der Waals surface area contributed by atoms with Gasteiger partial charge in [0.25, 0.3) is 0 Å². The van der Waals surface area contributed by atoms with E-state index in [1.165, 1.54) is 13.0 Å². The lowest BCUT2D eigenvalue weighted by atomic mass is 10.1. The van der Waals surface area contributed by atoms with Crippen LogP contribution >= 0.6 is 0 Å². The Hall–Kier alpha value is -2.41. The van der Waals surface area contributed by atoms with E-state index in [0.29, 0.717) is 5.56 Å². The maximum atomic E-state index is 13.6. The Kier molecular flexibility index (Phi) is 5.56. The molecule has 1 amide bonds. The normalized spacial score (nSPS) is 12.3. The van der Waals surface area contributed by atoms with Gasteiger partial charge in [-0.05, 0) is 32.2 Å². The second kappa shape index (κ2) is 7.44. The summed E-state index contributed by atoms with van der Waals surface area (Å²) < 4.78 is 53.3. The summed E-state index contributed by atoms with van der Waals surface area (Å²) >= 11 is 0. The highest BCUT2D eigenvalue weighted by molar-refractivity contribution is 5.94. The van der Waals surface area contributed by atoms with Gasteiger partial charge in [-0.15, -0.1) is 0 Å². The number of amides is 1. The average Bonchev–Trinajstić information content (AvgIpc) is 2.56. The van der Waals surface area contributed by atoms with E-state index in [0.717, 1.165) is 12.1 Å². The lowest BCUT2D eigenvalue weighted by molar-refractivity contribution is -0.120. The molecule has 128 valence electrons. The van der Waals surface area contributed by atoms with Crippen LogP contribution in [0.25, 0.3) is 0 Å². The van der Waals surface area contributed by atoms with E-state index in [-0.39, 0.29) is 6.54 Å². The molecule has 0 aromatic heterocycles. The topological polar surface area (TPSA) is 32.3 Å². The summed E-state index contributed by atoms with van der Waals surface area (Å²) in [5.74, 6) is -5.48. The van der Waals surface area contributed by atoms with Gasteiger partial charge in [0.15, 0.2) is 17.5 Å². The van der Waals surface area contributed by atoms with Crippen molar-refractivity contribution in [1.82, 2.24) is 4.90 Å². The number of nitrogens with zero attached hydrogens (tertiary/aromatic N) is 1. The van der Waals surface area contributed by atoms with Crippen LogP contribution < -0.4 is 5.32 Å². The fourth-order valence-electron chi connectivity index (χ4n) is 2.09. The Morgan fingerprint density at radius 1 is 1.04 bits per heavy atom. The first-order valence-corrected chi connectivity index (χ1v) is 7.19. The smallest absolute Gasteiger partial charge is 0.241 e. The van der Waals surface area contributed by atoms with Gasteiger partial charge in [0.1, 0.15) is 5.82 Å². The van der Waals surface area contributed by atoms with Crippen LogP contribution in [0.5, 0.6) is 0 Å². The third-order valence-electron chi connectivity index (χ3n) is 3.71. The largest absolute Gasteiger partial charge is 0.322 e. The molecule has 0 fully saturated rings. The van der Waals surface area contributed by atoms with Crippen molar-refractivity contribution in [2.45, 2.75) is 19.5 Å². The van der Waals surface area contributed by atoms with E-state index in [4.69, 9.17) is 0 Å². The Morgan fingerprint density at radius 3 is 2.38 bits per heavy atom. The van der Waals surface area contributed by atoms with Gasteiger partial charge in [-0.2, -0.15) is 0 Å². The van der Waals surface area contributed by atoms with Gasteiger partial charge in [-0.25, -0.2) is 17.6 Å². The predicted molar refractivity (Wildman–Crippen MR) is 82.3 cm³/mol. The standard InChI is InChI=1S/C17H16F4N2O/c1-10(23(2)9-11-5-3-4-6-12(11)18)17(24)22-14-8-7-13(19)15(20)16(14)21/h3-8,10H,9H2,1-2H3,(H,22,24). The molecule has 0 saturated carbocycles. The highest BCUT2D eigenvalue weighted by Gasteiger charge is 2.22. The molecule has 2 rings (SSSR count). The van der Waals surface area contributed by atoms with Gasteiger partial charge in [0.2, 0.25) is 5.91 Å². The van der Waals surface area contributed by atoms with Crippen LogP contribution in [0.15, 0.2) is 36.4 Å². The number of rotatable bonds is 5. The number of likely N-dealkylation sites (N-methyl/N-ethyl adjacent to an activating group) is 1. The lowest BCUT2D eigenvalue weighted by Crippen LogP contribution is -2.39. The second-order valence-electron chi connectivity index (χ2n) is 5.39. The van der Waals surface area contributed by atoms with Gasteiger partial charge < -0.3 is 5.32 Å². The minimum Gasteiger partial charge on any atom is -0.322 e. The molecule has 1 N–H and O–H groups in total. The molecule has 3 nitrogen and oxygen atoms in total. The summed E-state index contributed by atoms with van der Waals surface area (Å²) in [5, 5.41) is 2.20. The zero-order chi connectivity index (χ0) is 17.9. The van der Waals surface area contributed by atoms with Gasteiger partial charge in [-0.1, -0.05) is 18.2 Å². The van der Waals surface area contributed by atoms with Crippen molar-refractivity contribution in [1.29, 1.82) is 0 Å². The van der Waals surface area contributed by atoms with E-state index >= 15 is 0 Å². The summed E-state index contributed by atoms with van der Waals surface area (Å²) in [6, 6.07) is 7.04. The first kappa shape index (κ1) is 17.9. The number of hydrogen-bond donors (Lipinski definition) is 1. The van der Waals surface area contributed by atoms with Gasteiger partial charge in [-0.3, -0.25) is 9.69 Å². The lowest BCUT2D eigenvalue weighted by Gasteiger charge is -2.24. The van der Waals surface area contributed by atoms with E-state index in [9.17, 15) is 22.4 Å². The maximum absolute atomic E-state index is 13.6. The number of carbonyl (C=O) groups excluding carboxylic acids is 1. The highest BCUT2D eigenvalue weighted by Crippen LogP contribution is 2.20. The van der Waals surface area contributed by atoms with Crippen molar-refractivity contribution in [2.24, 2.45) is 0 Å². The Balaban J connectivity index is 2.07. The van der Waals surface area contributed by atoms with E-state index < -0.39 is 40.9 Å². The third-order valence-corrected chi connectivity index (χ3v) is 3.71. The first-order valence-electron chi connectivity index (χ1n) is 7.19. The Labute approximate surface area is 136 Å². The molecule has 7 heteroatoms. The van der Waals surface area contributed by atoms with Crippen molar-refractivity contribution in [3.8, 4) is 0 Å². The Bertz CT molecular complexity index is 751. The number of anilines is 1. The van der Waals surface area contributed by atoms with Gasteiger partial charge >= 0.3 is 0 Å². The molecule has 24 heavy (non-hydrogen) atoms. The Morgan fingerprint density at radius 2 is 1.71 bits per heavy atom. The van der Waals surface area contributed by atoms with Crippen molar-refractivity contribution in [3.05, 3.63) is 65.2 Å². The average molecular weight is 340 g/mol. The molecule has 2 aromatic rings. The number of hydrogen-bond acceptors (Lipinski definition) is 2. The van der Waals surface area contributed by atoms with E-state index in [2.05, 4.69) is 5.32 Å². The predicted octanol–water partition coefficient (Wildman–Crippen LogP) is 3.70. The van der Waals surface area contributed by atoms with Crippen LogP contribution in [-0.4, -0.2) is 23.9 Å². The number of carbonyl (C=O) groups is 1. The molecule has 0 bridgehead atoms. The molecule has 2 aromatic carbocycles. The molecule has 1 unspecified atom stereocenters. The number of halogens is 4. The summed E-state index contributed by atoms with van der Waals surface area (Å²) in [6.07, 6.45) is 0. The van der Waals surface area contributed by atoms with Crippen molar-refractivity contribution in [3.63, 3.8) is 0 Å². The zero-order valence-corrected chi connectivity index (χ0v) is 13.1. The summed E-state index contributed by atoms with van der Waals surface area (Å²) in [4.78, 5) is 13.7. The molecule has 0 spiro atoms. The third kappa shape index (κ3) is 3.91. The van der Waals surface area contributed by atoms with Crippen LogP contribution in [0.1, 0.15) is 12.5 Å². The minimum atomic E-state index is -1.65. The summed E-state index contributed by atoms with van der Waals surface area (Å²) in [5.41, 5.74) is -0.0521. The van der Waals surface area contributed by atoms with Gasteiger partial charge in [0.05, 0.1) is 11.7 Å². The molecule has 0 radical (unpaired) electrons. The van der Waals surface area contributed by atoms with E-state index in [1.807, 2.05) is 0 Å². The van der Waals surface area contributed by atoms with Crippen molar-refractivity contribution < 1.29 is 22.4 Å². The van der Waals surface area contributed by atoms with Crippen LogP contribution in [-0.2, 0) is 11.3 Å². The fourth-order valence-corrected chi connectivity index (χ4v) is 2.09. The summed E-state index contributed by atoms with van der Waals surface area (Å²) in [7, 11) is 1.60. The fraction of sp³-hybridized carbons (Fsp3) is 0.235. The minimum absolute atomic E-state index is 0.154. The number of benzene rings is 2. The van der Waals surface area contributed by atoms with Crippen molar-refractivity contribution >= 4 is 11.6 Å². The molecule has 0 saturated heterocycles. The molecule has 0 aliphatic rings. The molecule has 1 atom stereocenters. The molecular weight excluding hydrogens is 324 g/mol. The quantitative estimate of drug-likeness (QED) is 0.665. The maximum Gasteiger partial charge on any atom is 0.241 e.